The predicted molar refractivity (Wildman–Crippen MR) is 98.1 cm³/mol. The van der Waals surface area contributed by atoms with E-state index in [1.807, 2.05) is 23.9 Å². The van der Waals surface area contributed by atoms with Gasteiger partial charge in [0.05, 0.1) is 5.39 Å². The molecule has 0 saturated heterocycles. The van der Waals surface area contributed by atoms with Gasteiger partial charge in [-0.15, -0.1) is 11.3 Å². The van der Waals surface area contributed by atoms with Gasteiger partial charge in [-0.05, 0) is 29.9 Å². The van der Waals surface area contributed by atoms with Crippen LogP contribution < -0.4 is 11.1 Å². The summed E-state index contributed by atoms with van der Waals surface area (Å²) in [4.78, 5) is 16.2. The minimum Gasteiger partial charge on any atom is -0.368 e. The van der Waals surface area contributed by atoms with Crippen LogP contribution in [0.1, 0.15) is 10.4 Å². The van der Waals surface area contributed by atoms with E-state index in [2.05, 4.69) is 10.3 Å². The van der Waals surface area contributed by atoms with Gasteiger partial charge in [0.25, 0.3) is 0 Å². The van der Waals surface area contributed by atoms with Gasteiger partial charge < -0.3 is 11.1 Å². The average Bonchev–Trinajstić information content (AvgIpc) is 2.99. The van der Waals surface area contributed by atoms with E-state index in [1.54, 1.807) is 23.7 Å². The van der Waals surface area contributed by atoms with E-state index >= 15 is 0 Å². The topological polar surface area (TPSA) is 76.7 Å². The summed E-state index contributed by atoms with van der Waals surface area (Å²) in [7, 11) is 0. The third-order valence-corrected chi connectivity index (χ3v) is 6.13. The fourth-order valence-corrected chi connectivity index (χ4v) is 5.13. The molecule has 0 bridgehead atoms. The smallest absolute Gasteiger partial charge is 0.163 e. The van der Waals surface area contributed by atoms with Gasteiger partial charge in [0.2, 0.25) is 0 Å². The first-order chi connectivity index (χ1) is 11.4. The lowest BCUT2D eigenvalue weighted by molar-refractivity contribution is 1.01. The molecule has 3 aromatic heterocycles. The second-order valence-corrected chi connectivity index (χ2v) is 7.52. The molecule has 0 saturated carbocycles. The summed E-state index contributed by atoms with van der Waals surface area (Å²) in [5, 5.41) is 4.58. The number of aromatic nitrogens is 3. The van der Waals surface area contributed by atoms with Crippen LogP contribution in [0.15, 0.2) is 24.5 Å². The number of nitrogens with one attached hydrogen (secondary N) is 1. The monoisotopic (exact) mass is 343 g/mol. The molecular weight excluding hydrogens is 326 g/mol. The number of rotatable bonds is 4. The Balaban J connectivity index is 1.90. The van der Waals surface area contributed by atoms with Crippen molar-refractivity contribution in [1.82, 2.24) is 15.0 Å². The number of hydrogen-bond acceptors (Lipinski definition) is 7. The van der Waals surface area contributed by atoms with Crippen molar-refractivity contribution in [3.05, 3.63) is 35.0 Å². The second kappa shape index (κ2) is 6.43. The number of hydrogen-bond donors (Lipinski definition) is 2. The second-order valence-electron chi connectivity index (χ2n) is 5.33. The zero-order valence-electron chi connectivity index (χ0n) is 12.6. The molecule has 0 fully saturated rings. The molecule has 0 radical (unpaired) electrons. The van der Waals surface area contributed by atoms with Gasteiger partial charge in [-0.3, -0.25) is 4.98 Å². The zero-order valence-corrected chi connectivity index (χ0v) is 14.2. The normalized spacial score (nSPS) is 14.0. The predicted octanol–water partition coefficient (Wildman–Crippen LogP) is 2.91. The number of fused-ring (bicyclic) bond motifs is 3. The molecule has 0 amide bonds. The van der Waals surface area contributed by atoms with E-state index in [-0.39, 0.29) is 0 Å². The maximum atomic E-state index is 5.67. The Bertz CT molecular complexity index is 831. The van der Waals surface area contributed by atoms with E-state index in [9.17, 15) is 0 Å². The molecule has 4 rings (SSSR count). The Hall–Kier alpha value is -1.70. The Morgan fingerprint density at radius 1 is 1.22 bits per heavy atom. The Morgan fingerprint density at radius 2 is 2.09 bits per heavy atom. The Morgan fingerprint density at radius 3 is 2.91 bits per heavy atom. The lowest BCUT2D eigenvalue weighted by Gasteiger charge is -2.13. The molecule has 0 aromatic carbocycles. The Kier molecular flexibility index (Phi) is 4.15. The standard InChI is InChI=1S/C16H17N5S2/c17-4-7-19-15-13-11-3-8-22-9-12(11)23-16(13)21-14(20-15)10-1-5-18-6-2-10/h1-2,5-6H,3-4,7-9,17H2,(H,19,20,21). The molecule has 0 spiro atoms. The molecule has 5 nitrogen and oxygen atoms in total. The van der Waals surface area contributed by atoms with Gasteiger partial charge in [0.1, 0.15) is 10.6 Å². The SMILES string of the molecule is NCCNc1nc(-c2ccncc2)nc2sc3c(c12)CCSC3. The highest BCUT2D eigenvalue weighted by Gasteiger charge is 2.21. The lowest BCUT2D eigenvalue weighted by atomic mass is 10.1. The van der Waals surface area contributed by atoms with Crippen LogP contribution in [0.4, 0.5) is 5.82 Å². The van der Waals surface area contributed by atoms with Crippen molar-refractivity contribution >= 4 is 39.1 Å². The van der Waals surface area contributed by atoms with Crippen LogP contribution in [0, 0.1) is 0 Å². The number of nitrogens with zero attached hydrogens (tertiary/aromatic N) is 3. The van der Waals surface area contributed by atoms with E-state index in [4.69, 9.17) is 15.7 Å². The van der Waals surface area contributed by atoms with Crippen LogP contribution in [0.3, 0.4) is 0 Å². The van der Waals surface area contributed by atoms with E-state index in [0.29, 0.717) is 13.1 Å². The molecule has 7 heteroatoms. The fourth-order valence-electron chi connectivity index (χ4n) is 2.77. The van der Waals surface area contributed by atoms with Crippen molar-refractivity contribution in [2.75, 3.05) is 24.2 Å². The number of thiophene rings is 1. The summed E-state index contributed by atoms with van der Waals surface area (Å²) in [5.74, 6) is 3.90. The van der Waals surface area contributed by atoms with Crippen LogP contribution in [0.5, 0.6) is 0 Å². The van der Waals surface area contributed by atoms with Crippen LogP contribution in [0.2, 0.25) is 0 Å². The molecule has 4 heterocycles. The minimum atomic E-state index is 0.582. The molecule has 3 aromatic rings. The van der Waals surface area contributed by atoms with Crippen molar-refractivity contribution < 1.29 is 0 Å². The van der Waals surface area contributed by atoms with E-state index in [0.717, 1.165) is 34.2 Å². The lowest BCUT2D eigenvalue weighted by Crippen LogP contribution is -2.15. The third kappa shape index (κ3) is 2.80. The number of nitrogens with two attached hydrogens (primary N) is 1. The first-order valence-electron chi connectivity index (χ1n) is 7.61. The number of thioether (sulfide) groups is 1. The summed E-state index contributed by atoms with van der Waals surface area (Å²) in [5.41, 5.74) is 8.07. The number of anilines is 1. The highest BCUT2D eigenvalue weighted by molar-refractivity contribution is 7.98. The van der Waals surface area contributed by atoms with Crippen molar-refractivity contribution in [2.45, 2.75) is 12.2 Å². The largest absolute Gasteiger partial charge is 0.368 e. The molecule has 1 aliphatic heterocycles. The van der Waals surface area contributed by atoms with Crippen molar-refractivity contribution in [1.29, 1.82) is 0 Å². The Labute approximate surface area is 142 Å². The van der Waals surface area contributed by atoms with E-state index in [1.165, 1.54) is 21.6 Å². The van der Waals surface area contributed by atoms with Crippen molar-refractivity contribution in [3.8, 4) is 11.4 Å². The highest BCUT2D eigenvalue weighted by Crippen LogP contribution is 2.40. The van der Waals surface area contributed by atoms with Gasteiger partial charge in [-0.2, -0.15) is 11.8 Å². The number of aryl methyl sites for hydroxylation is 1. The number of pyridine rings is 1. The van der Waals surface area contributed by atoms with Crippen LogP contribution in [0.25, 0.3) is 21.6 Å². The van der Waals surface area contributed by atoms with Crippen molar-refractivity contribution in [3.63, 3.8) is 0 Å². The molecule has 0 unspecified atom stereocenters. The zero-order chi connectivity index (χ0) is 15.6. The van der Waals surface area contributed by atoms with Crippen LogP contribution in [-0.2, 0) is 12.2 Å². The van der Waals surface area contributed by atoms with Gasteiger partial charge in [0.15, 0.2) is 5.82 Å². The summed E-state index contributed by atoms with van der Waals surface area (Å²) in [6.07, 6.45) is 4.63. The third-order valence-electron chi connectivity index (χ3n) is 3.84. The summed E-state index contributed by atoms with van der Waals surface area (Å²) < 4.78 is 0. The summed E-state index contributed by atoms with van der Waals surface area (Å²) in [6.45, 7) is 1.29. The molecule has 3 N–H and O–H groups in total. The fraction of sp³-hybridized carbons (Fsp3) is 0.312. The van der Waals surface area contributed by atoms with Gasteiger partial charge in [-0.1, -0.05) is 0 Å². The summed E-state index contributed by atoms with van der Waals surface area (Å²) >= 11 is 3.79. The van der Waals surface area contributed by atoms with Gasteiger partial charge in [-0.25, -0.2) is 9.97 Å². The highest BCUT2D eigenvalue weighted by atomic mass is 32.2. The van der Waals surface area contributed by atoms with E-state index < -0.39 is 0 Å². The maximum absolute atomic E-state index is 5.67. The van der Waals surface area contributed by atoms with Gasteiger partial charge >= 0.3 is 0 Å². The maximum Gasteiger partial charge on any atom is 0.163 e. The average molecular weight is 343 g/mol. The molecule has 23 heavy (non-hydrogen) atoms. The van der Waals surface area contributed by atoms with Crippen LogP contribution in [-0.4, -0.2) is 33.8 Å². The first-order valence-corrected chi connectivity index (χ1v) is 9.58. The molecule has 0 aliphatic carbocycles. The molecular formula is C16H17N5S2. The summed E-state index contributed by atoms with van der Waals surface area (Å²) in [6, 6.07) is 3.88. The van der Waals surface area contributed by atoms with Crippen molar-refractivity contribution in [2.24, 2.45) is 5.73 Å². The molecule has 118 valence electrons. The molecule has 0 atom stereocenters. The minimum absolute atomic E-state index is 0.582. The first kappa shape index (κ1) is 14.9. The van der Waals surface area contributed by atoms with Gasteiger partial charge in [0, 0.05) is 41.7 Å². The quantitative estimate of drug-likeness (QED) is 0.758. The molecule has 1 aliphatic rings. The van der Waals surface area contributed by atoms with Crippen LogP contribution >= 0.6 is 23.1 Å².